The summed E-state index contributed by atoms with van der Waals surface area (Å²) in [6, 6.07) is 7.95. The number of anilines is 2. The van der Waals surface area contributed by atoms with Gasteiger partial charge in [0.2, 0.25) is 0 Å². The average molecular weight is 226 g/mol. The molecular weight excluding hydrogens is 212 g/mol. The lowest BCUT2D eigenvalue weighted by Crippen LogP contribution is -1.94. The predicted molar refractivity (Wildman–Crippen MR) is 67.1 cm³/mol. The molecule has 0 unspecified atom stereocenters. The molecule has 0 amide bonds. The van der Waals surface area contributed by atoms with Gasteiger partial charge in [-0.25, -0.2) is 0 Å². The standard InChI is InChI=1S/C13H14N4/c1-3-17-9-12(8-15-17)16-13-5-4-10(2)6-11(13)7-14/h4-6,8-9,16H,3H2,1-2H3. The molecule has 0 fully saturated rings. The van der Waals surface area contributed by atoms with Gasteiger partial charge in [0.25, 0.3) is 0 Å². The summed E-state index contributed by atoms with van der Waals surface area (Å²) in [5, 5.41) is 16.4. The largest absolute Gasteiger partial charge is 0.352 e. The van der Waals surface area contributed by atoms with Crippen LogP contribution in [0.4, 0.5) is 11.4 Å². The van der Waals surface area contributed by atoms with Crippen molar-refractivity contribution < 1.29 is 0 Å². The summed E-state index contributed by atoms with van der Waals surface area (Å²) in [5.74, 6) is 0. The van der Waals surface area contributed by atoms with E-state index in [9.17, 15) is 0 Å². The van der Waals surface area contributed by atoms with E-state index < -0.39 is 0 Å². The Morgan fingerprint density at radius 3 is 2.94 bits per heavy atom. The third-order valence-corrected chi connectivity index (χ3v) is 2.53. The molecular formula is C13H14N4. The van der Waals surface area contributed by atoms with Crippen molar-refractivity contribution in [3.8, 4) is 6.07 Å². The van der Waals surface area contributed by atoms with Gasteiger partial charge in [-0.15, -0.1) is 0 Å². The zero-order valence-corrected chi connectivity index (χ0v) is 9.94. The minimum absolute atomic E-state index is 0.647. The molecule has 0 radical (unpaired) electrons. The minimum Gasteiger partial charge on any atom is -0.352 e. The zero-order chi connectivity index (χ0) is 12.3. The second-order valence-corrected chi connectivity index (χ2v) is 3.87. The fraction of sp³-hybridized carbons (Fsp3) is 0.231. The zero-order valence-electron chi connectivity index (χ0n) is 9.94. The smallest absolute Gasteiger partial charge is 0.101 e. The summed E-state index contributed by atoms with van der Waals surface area (Å²) in [5.41, 5.74) is 3.44. The number of hydrogen-bond donors (Lipinski definition) is 1. The highest BCUT2D eigenvalue weighted by atomic mass is 15.3. The summed E-state index contributed by atoms with van der Waals surface area (Å²) in [4.78, 5) is 0. The molecule has 1 heterocycles. The fourth-order valence-corrected chi connectivity index (χ4v) is 1.62. The van der Waals surface area contributed by atoms with Crippen LogP contribution in [0.3, 0.4) is 0 Å². The van der Waals surface area contributed by atoms with Crippen molar-refractivity contribution in [2.75, 3.05) is 5.32 Å². The lowest BCUT2D eigenvalue weighted by Gasteiger charge is -2.06. The van der Waals surface area contributed by atoms with Crippen molar-refractivity contribution in [3.63, 3.8) is 0 Å². The molecule has 2 aromatic rings. The molecule has 0 atom stereocenters. The Bertz CT molecular complexity index is 563. The van der Waals surface area contributed by atoms with Gasteiger partial charge in [-0.2, -0.15) is 10.4 Å². The lowest BCUT2D eigenvalue weighted by molar-refractivity contribution is 0.660. The predicted octanol–water partition coefficient (Wildman–Crippen LogP) is 2.83. The fourth-order valence-electron chi connectivity index (χ4n) is 1.62. The third-order valence-electron chi connectivity index (χ3n) is 2.53. The Balaban J connectivity index is 2.27. The van der Waals surface area contributed by atoms with E-state index in [1.165, 1.54) is 0 Å². The number of nitrogens with zero attached hydrogens (tertiary/aromatic N) is 3. The van der Waals surface area contributed by atoms with Crippen LogP contribution in [0.2, 0.25) is 0 Å². The van der Waals surface area contributed by atoms with Gasteiger partial charge in [0.1, 0.15) is 6.07 Å². The first-order chi connectivity index (χ1) is 8.22. The first kappa shape index (κ1) is 11.2. The molecule has 86 valence electrons. The molecule has 0 spiro atoms. The Kier molecular flexibility index (Phi) is 3.10. The molecule has 0 bridgehead atoms. The summed E-state index contributed by atoms with van der Waals surface area (Å²) in [6.45, 7) is 4.84. The summed E-state index contributed by atoms with van der Waals surface area (Å²) in [6.07, 6.45) is 3.67. The van der Waals surface area contributed by atoms with Crippen molar-refractivity contribution in [2.24, 2.45) is 0 Å². The topological polar surface area (TPSA) is 53.6 Å². The molecule has 1 aromatic carbocycles. The Hall–Kier alpha value is -2.28. The number of nitrogens with one attached hydrogen (secondary N) is 1. The molecule has 1 N–H and O–H groups in total. The van der Waals surface area contributed by atoms with E-state index in [1.54, 1.807) is 6.20 Å². The Morgan fingerprint density at radius 1 is 1.47 bits per heavy atom. The van der Waals surface area contributed by atoms with Crippen molar-refractivity contribution >= 4 is 11.4 Å². The molecule has 4 heteroatoms. The SMILES string of the molecule is CCn1cc(Nc2ccc(C)cc2C#N)cn1. The highest BCUT2D eigenvalue weighted by Gasteiger charge is 2.03. The van der Waals surface area contributed by atoms with E-state index in [2.05, 4.69) is 16.5 Å². The normalized spacial score (nSPS) is 9.94. The number of aromatic nitrogens is 2. The van der Waals surface area contributed by atoms with Gasteiger partial charge in [-0.1, -0.05) is 6.07 Å². The van der Waals surface area contributed by atoms with E-state index in [0.29, 0.717) is 5.56 Å². The van der Waals surface area contributed by atoms with Crippen LogP contribution in [0.5, 0.6) is 0 Å². The molecule has 0 saturated heterocycles. The van der Waals surface area contributed by atoms with E-state index in [-0.39, 0.29) is 0 Å². The van der Waals surface area contributed by atoms with Gasteiger partial charge in [0.05, 0.1) is 23.1 Å². The number of nitriles is 1. The molecule has 17 heavy (non-hydrogen) atoms. The van der Waals surface area contributed by atoms with E-state index in [4.69, 9.17) is 5.26 Å². The van der Waals surface area contributed by atoms with Gasteiger partial charge in [0.15, 0.2) is 0 Å². The second-order valence-electron chi connectivity index (χ2n) is 3.87. The summed E-state index contributed by atoms with van der Waals surface area (Å²) >= 11 is 0. The van der Waals surface area contributed by atoms with Crippen molar-refractivity contribution in [1.82, 2.24) is 9.78 Å². The monoisotopic (exact) mass is 226 g/mol. The number of aryl methyl sites for hydroxylation is 2. The summed E-state index contributed by atoms with van der Waals surface area (Å²) < 4.78 is 1.84. The molecule has 4 nitrogen and oxygen atoms in total. The quantitative estimate of drug-likeness (QED) is 0.875. The van der Waals surface area contributed by atoms with E-state index >= 15 is 0 Å². The third kappa shape index (κ3) is 2.45. The molecule has 2 rings (SSSR count). The first-order valence-corrected chi connectivity index (χ1v) is 5.53. The second kappa shape index (κ2) is 4.71. The van der Waals surface area contributed by atoms with Gasteiger partial charge >= 0.3 is 0 Å². The number of hydrogen-bond acceptors (Lipinski definition) is 3. The number of benzene rings is 1. The highest BCUT2D eigenvalue weighted by Crippen LogP contribution is 2.21. The van der Waals surface area contributed by atoms with Crippen LogP contribution >= 0.6 is 0 Å². The van der Waals surface area contributed by atoms with Gasteiger partial charge in [-0.3, -0.25) is 4.68 Å². The highest BCUT2D eigenvalue weighted by molar-refractivity contribution is 5.66. The van der Waals surface area contributed by atoms with Gasteiger partial charge in [-0.05, 0) is 31.5 Å². The van der Waals surface area contributed by atoms with Gasteiger partial charge in [0, 0.05) is 12.7 Å². The van der Waals surface area contributed by atoms with Crippen LogP contribution in [0.25, 0.3) is 0 Å². The van der Waals surface area contributed by atoms with Crippen LogP contribution in [0.15, 0.2) is 30.6 Å². The van der Waals surface area contributed by atoms with Crippen LogP contribution in [0, 0.1) is 18.3 Å². The molecule has 0 aliphatic heterocycles. The average Bonchev–Trinajstić information content (AvgIpc) is 2.79. The summed E-state index contributed by atoms with van der Waals surface area (Å²) in [7, 11) is 0. The maximum absolute atomic E-state index is 9.06. The van der Waals surface area contributed by atoms with E-state index in [0.717, 1.165) is 23.5 Å². The van der Waals surface area contributed by atoms with E-state index in [1.807, 2.05) is 42.9 Å². The van der Waals surface area contributed by atoms with Crippen molar-refractivity contribution in [1.29, 1.82) is 5.26 Å². The maximum atomic E-state index is 9.06. The molecule has 0 aliphatic carbocycles. The van der Waals surface area contributed by atoms with Crippen LogP contribution in [0.1, 0.15) is 18.1 Å². The van der Waals surface area contributed by atoms with Gasteiger partial charge < -0.3 is 5.32 Å². The Labute approximate surface area is 100 Å². The first-order valence-electron chi connectivity index (χ1n) is 5.53. The van der Waals surface area contributed by atoms with Crippen LogP contribution in [-0.2, 0) is 6.54 Å². The molecule has 0 saturated carbocycles. The van der Waals surface area contributed by atoms with Crippen molar-refractivity contribution in [3.05, 3.63) is 41.7 Å². The lowest BCUT2D eigenvalue weighted by atomic mass is 10.1. The number of rotatable bonds is 3. The van der Waals surface area contributed by atoms with Crippen LogP contribution < -0.4 is 5.32 Å². The maximum Gasteiger partial charge on any atom is 0.101 e. The molecule has 1 aromatic heterocycles. The van der Waals surface area contributed by atoms with Crippen molar-refractivity contribution in [2.45, 2.75) is 20.4 Å². The Morgan fingerprint density at radius 2 is 2.29 bits per heavy atom. The van der Waals surface area contributed by atoms with Crippen LogP contribution in [-0.4, -0.2) is 9.78 Å². The minimum atomic E-state index is 0.647. The molecule has 0 aliphatic rings.